The van der Waals surface area contributed by atoms with Gasteiger partial charge in [0.1, 0.15) is 12.4 Å². The van der Waals surface area contributed by atoms with Crippen LogP contribution in [0.15, 0.2) is 84.0 Å². The molecule has 2 aromatic carbocycles. The second-order valence-electron chi connectivity index (χ2n) is 9.05. The van der Waals surface area contributed by atoms with Crippen LogP contribution in [0.2, 0.25) is 0 Å². The number of likely N-dealkylation sites (N-methyl/N-ethyl adjacent to an activating group) is 1. The highest BCUT2D eigenvalue weighted by molar-refractivity contribution is 6.04. The normalized spacial score (nSPS) is 11.2. The molecule has 1 amide bonds. The summed E-state index contributed by atoms with van der Waals surface area (Å²) in [6, 6.07) is 19.2. The number of amides is 1. The van der Waals surface area contributed by atoms with Gasteiger partial charge in [-0.05, 0) is 43.9 Å². The van der Waals surface area contributed by atoms with E-state index in [0.717, 1.165) is 28.8 Å². The van der Waals surface area contributed by atoms with Gasteiger partial charge >= 0.3 is 0 Å². The lowest BCUT2D eigenvalue weighted by Crippen LogP contribution is -2.19. The number of anilines is 1. The zero-order valence-electron chi connectivity index (χ0n) is 20.7. The Balaban J connectivity index is 1.34. The minimum absolute atomic E-state index is 0.268. The van der Waals surface area contributed by atoms with Gasteiger partial charge in [0, 0.05) is 29.8 Å². The number of carbonyl (C=O) groups is 1. The van der Waals surface area contributed by atoms with Crippen molar-refractivity contribution in [2.75, 3.05) is 32.6 Å². The molecule has 0 unspecified atom stereocenters. The van der Waals surface area contributed by atoms with Crippen LogP contribution in [-0.4, -0.2) is 57.8 Å². The lowest BCUT2D eigenvalue weighted by Gasteiger charge is -2.11. The molecule has 5 rings (SSSR count). The zero-order chi connectivity index (χ0) is 25.8. The second kappa shape index (κ2) is 10.5. The molecule has 0 bridgehead atoms. The molecule has 0 aliphatic carbocycles. The van der Waals surface area contributed by atoms with Gasteiger partial charge in [-0.3, -0.25) is 14.3 Å². The molecule has 0 radical (unpaired) electrons. The predicted octanol–water partition coefficient (Wildman–Crippen LogP) is 3.96. The van der Waals surface area contributed by atoms with Crippen molar-refractivity contribution in [2.24, 2.45) is 0 Å². The number of rotatable bonds is 9. The van der Waals surface area contributed by atoms with Gasteiger partial charge in [0.15, 0.2) is 0 Å². The van der Waals surface area contributed by atoms with E-state index < -0.39 is 0 Å². The van der Waals surface area contributed by atoms with Crippen LogP contribution >= 0.6 is 0 Å². The Labute approximate surface area is 213 Å². The SMILES string of the molecule is CN(C)CCOc1cccc2[nH]c(-c3cc(NC(=O)c4cnn(Cc5ccccc5)c4)c[nH]c3=O)cc12. The maximum atomic E-state index is 12.9. The molecule has 0 fully saturated rings. The molecule has 3 aromatic heterocycles. The molecular weight excluding hydrogens is 468 g/mol. The number of pyridine rings is 1. The van der Waals surface area contributed by atoms with E-state index in [1.54, 1.807) is 16.9 Å². The van der Waals surface area contributed by atoms with E-state index in [9.17, 15) is 9.59 Å². The van der Waals surface area contributed by atoms with Gasteiger partial charge in [-0.25, -0.2) is 0 Å². The average molecular weight is 497 g/mol. The lowest BCUT2D eigenvalue weighted by molar-refractivity contribution is 0.102. The van der Waals surface area contributed by atoms with Gasteiger partial charge in [0.05, 0.1) is 35.2 Å². The van der Waals surface area contributed by atoms with Gasteiger partial charge in [-0.15, -0.1) is 0 Å². The third kappa shape index (κ3) is 5.62. The minimum atomic E-state index is -0.314. The zero-order valence-corrected chi connectivity index (χ0v) is 20.7. The molecule has 188 valence electrons. The van der Waals surface area contributed by atoms with Crippen molar-refractivity contribution in [1.82, 2.24) is 24.6 Å². The minimum Gasteiger partial charge on any atom is -0.492 e. The lowest BCUT2D eigenvalue weighted by atomic mass is 10.1. The van der Waals surface area contributed by atoms with Crippen LogP contribution in [0, 0.1) is 0 Å². The number of H-pyrrole nitrogens is 2. The fourth-order valence-corrected chi connectivity index (χ4v) is 4.03. The molecule has 0 spiro atoms. The number of carbonyl (C=O) groups excluding carboxylic acids is 1. The van der Waals surface area contributed by atoms with Crippen molar-refractivity contribution in [3.05, 3.63) is 101 Å². The number of nitrogens with one attached hydrogen (secondary N) is 3. The molecule has 37 heavy (non-hydrogen) atoms. The third-order valence-electron chi connectivity index (χ3n) is 5.95. The van der Waals surface area contributed by atoms with Gasteiger partial charge in [-0.1, -0.05) is 36.4 Å². The smallest absolute Gasteiger partial charge is 0.258 e. The molecule has 3 N–H and O–H groups in total. The first-order chi connectivity index (χ1) is 18.0. The van der Waals surface area contributed by atoms with Crippen LogP contribution in [0.5, 0.6) is 5.75 Å². The largest absolute Gasteiger partial charge is 0.492 e. The van der Waals surface area contributed by atoms with E-state index in [-0.39, 0.29) is 11.5 Å². The average Bonchev–Trinajstić information content (AvgIpc) is 3.53. The Morgan fingerprint density at radius 3 is 2.76 bits per heavy atom. The third-order valence-corrected chi connectivity index (χ3v) is 5.95. The van der Waals surface area contributed by atoms with Crippen LogP contribution in [0.25, 0.3) is 22.2 Å². The van der Waals surface area contributed by atoms with E-state index in [0.29, 0.717) is 35.7 Å². The van der Waals surface area contributed by atoms with Crippen molar-refractivity contribution < 1.29 is 9.53 Å². The van der Waals surface area contributed by atoms with Crippen molar-refractivity contribution >= 4 is 22.5 Å². The van der Waals surface area contributed by atoms with Crippen molar-refractivity contribution in [3.63, 3.8) is 0 Å². The Morgan fingerprint density at radius 1 is 1.11 bits per heavy atom. The summed E-state index contributed by atoms with van der Waals surface area (Å²) < 4.78 is 7.68. The molecule has 9 nitrogen and oxygen atoms in total. The van der Waals surface area contributed by atoms with Crippen molar-refractivity contribution in [1.29, 1.82) is 0 Å². The Morgan fingerprint density at radius 2 is 1.95 bits per heavy atom. The summed E-state index contributed by atoms with van der Waals surface area (Å²) in [6.07, 6.45) is 4.71. The van der Waals surface area contributed by atoms with Gasteiger partial charge in [-0.2, -0.15) is 5.10 Å². The number of benzene rings is 2. The maximum absolute atomic E-state index is 12.9. The van der Waals surface area contributed by atoms with Gasteiger partial charge in [0.25, 0.3) is 11.5 Å². The fourth-order valence-electron chi connectivity index (χ4n) is 4.03. The first kappa shape index (κ1) is 24.1. The summed E-state index contributed by atoms with van der Waals surface area (Å²) in [7, 11) is 3.99. The second-order valence-corrected chi connectivity index (χ2v) is 9.05. The molecule has 0 aliphatic heterocycles. The highest BCUT2D eigenvalue weighted by Crippen LogP contribution is 2.30. The number of hydrogen-bond donors (Lipinski definition) is 3. The number of nitrogens with zero attached hydrogens (tertiary/aromatic N) is 3. The number of fused-ring (bicyclic) bond motifs is 1. The van der Waals surface area contributed by atoms with E-state index in [1.165, 1.54) is 12.4 Å². The van der Waals surface area contributed by atoms with E-state index in [4.69, 9.17) is 4.74 Å². The molecule has 0 aliphatic rings. The Hall–Kier alpha value is -4.63. The first-order valence-electron chi connectivity index (χ1n) is 12.0. The van der Waals surface area contributed by atoms with E-state index in [2.05, 4.69) is 25.3 Å². The molecular formula is C28H28N6O3. The molecule has 9 heteroatoms. The molecule has 3 heterocycles. The molecule has 0 saturated carbocycles. The first-order valence-corrected chi connectivity index (χ1v) is 12.0. The van der Waals surface area contributed by atoms with E-state index in [1.807, 2.05) is 68.7 Å². The topological polar surface area (TPSA) is 108 Å². The monoisotopic (exact) mass is 496 g/mol. The summed E-state index contributed by atoms with van der Waals surface area (Å²) in [5, 5.41) is 8.03. The number of hydrogen-bond acceptors (Lipinski definition) is 5. The van der Waals surface area contributed by atoms with E-state index >= 15 is 0 Å². The highest BCUT2D eigenvalue weighted by atomic mass is 16.5. The summed E-state index contributed by atoms with van der Waals surface area (Å²) in [4.78, 5) is 33.6. The van der Waals surface area contributed by atoms with Crippen LogP contribution < -0.4 is 15.6 Å². The van der Waals surface area contributed by atoms with Crippen LogP contribution in [0.4, 0.5) is 5.69 Å². The predicted molar refractivity (Wildman–Crippen MR) is 144 cm³/mol. The van der Waals surface area contributed by atoms with Crippen molar-refractivity contribution in [3.8, 4) is 17.0 Å². The Kier molecular flexibility index (Phi) is 6.87. The van der Waals surface area contributed by atoms with Crippen LogP contribution in [0.1, 0.15) is 15.9 Å². The molecule has 0 atom stereocenters. The highest BCUT2D eigenvalue weighted by Gasteiger charge is 2.14. The van der Waals surface area contributed by atoms with Gasteiger partial charge in [0.2, 0.25) is 0 Å². The standard InChI is InChI=1S/C28H28N6O3/c1-33(2)11-12-37-26-10-6-9-24-22(26)14-25(32-24)23-13-21(16-29-28(23)36)31-27(35)20-15-30-34(18-20)17-19-7-4-3-5-8-19/h3-10,13-16,18,32H,11-12,17H2,1-2H3,(H,29,36)(H,31,35). The summed E-state index contributed by atoms with van der Waals surface area (Å²) >= 11 is 0. The quantitative estimate of drug-likeness (QED) is 0.286. The Bertz CT molecular complexity index is 1580. The summed E-state index contributed by atoms with van der Waals surface area (Å²) in [5.41, 5.74) is 3.62. The number of aromatic amines is 2. The number of aromatic nitrogens is 4. The number of ether oxygens (including phenoxy) is 1. The summed E-state index contributed by atoms with van der Waals surface area (Å²) in [6.45, 7) is 1.91. The van der Waals surface area contributed by atoms with Crippen LogP contribution in [0.3, 0.4) is 0 Å². The fraction of sp³-hybridized carbons (Fsp3) is 0.179. The molecule has 0 saturated heterocycles. The van der Waals surface area contributed by atoms with Crippen LogP contribution in [-0.2, 0) is 6.54 Å². The maximum Gasteiger partial charge on any atom is 0.258 e. The summed E-state index contributed by atoms with van der Waals surface area (Å²) in [5.74, 6) is 0.431. The van der Waals surface area contributed by atoms with Crippen molar-refractivity contribution in [2.45, 2.75) is 6.54 Å². The van der Waals surface area contributed by atoms with Gasteiger partial charge < -0.3 is 24.9 Å². The molecule has 5 aromatic rings.